The number of likely N-dealkylation sites (tertiary alicyclic amines) is 1. The molecule has 4 rings (SSSR count). The van der Waals surface area contributed by atoms with Crippen molar-refractivity contribution in [1.29, 1.82) is 0 Å². The highest BCUT2D eigenvalue weighted by Crippen LogP contribution is 2.47. The van der Waals surface area contributed by atoms with Crippen LogP contribution in [-0.2, 0) is 19.2 Å². The van der Waals surface area contributed by atoms with Gasteiger partial charge in [0.25, 0.3) is 0 Å². The number of benzene rings is 2. The second-order valence-electron chi connectivity index (χ2n) is 15.1. The molecule has 1 N–H and O–H groups in total. The van der Waals surface area contributed by atoms with E-state index in [-0.39, 0.29) is 0 Å². The number of carbonyl (C=O) groups excluding carboxylic acids is 3. The van der Waals surface area contributed by atoms with E-state index in [1.165, 1.54) is 75.3 Å². The van der Waals surface area contributed by atoms with Crippen LogP contribution < -0.4 is 5.32 Å². The Balaban J connectivity index is 0.000000529. The van der Waals surface area contributed by atoms with Crippen LogP contribution in [0, 0.1) is 11.8 Å². The van der Waals surface area contributed by atoms with E-state index in [9.17, 15) is 9.59 Å². The third-order valence-corrected chi connectivity index (χ3v) is 11.2. The van der Waals surface area contributed by atoms with Crippen molar-refractivity contribution >= 4 is 42.4 Å². The number of thioether (sulfide) groups is 1. The minimum atomic E-state index is -0.544. The summed E-state index contributed by atoms with van der Waals surface area (Å²) in [4.78, 5) is 39.5. The molecule has 1 saturated heterocycles. The minimum Gasteiger partial charge on any atom is -0.444 e. The first-order valence-corrected chi connectivity index (χ1v) is 22.5. The number of hydrogen-bond donors (Lipinski definition) is 1. The smallest absolute Gasteiger partial charge is 0.408 e. The Kier molecular flexibility index (Phi) is 27.9. The lowest BCUT2D eigenvalue weighted by molar-refractivity contribution is -0.109. The maximum atomic E-state index is 11.8. The van der Waals surface area contributed by atoms with E-state index < -0.39 is 17.7 Å². The van der Waals surface area contributed by atoms with Crippen molar-refractivity contribution in [3.8, 4) is 11.1 Å². The van der Waals surface area contributed by atoms with Gasteiger partial charge in [-0.2, -0.15) is 11.8 Å². The van der Waals surface area contributed by atoms with E-state index in [0.717, 1.165) is 61.6 Å². The summed E-state index contributed by atoms with van der Waals surface area (Å²) in [7, 11) is 4.20. The van der Waals surface area contributed by atoms with E-state index in [4.69, 9.17) is 14.4 Å². The fourth-order valence-corrected chi connectivity index (χ4v) is 7.88. The van der Waals surface area contributed by atoms with Crippen LogP contribution in [0.5, 0.6) is 0 Å². The number of carbonyl (C=O) groups is 3. The molecule has 1 aliphatic heterocycles. The largest absolute Gasteiger partial charge is 0.444 e. The molecule has 2 aliphatic rings. The number of nitrogens with one attached hydrogen (secondary N) is 1. The van der Waals surface area contributed by atoms with Gasteiger partial charge in [-0.1, -0.05) is 124 Å². The number of aldehydes is 2. The van der Waals surface area contributed by atoms with Gasteiger partial charge in [0.2, 0.25) is 0 Å². The number of ether oxygens (including phenoxy) is 1. The van der Waals surface area contributed by atoms with Gasteiger partial charge >= 0.3 is 6.09 Å². The van der Waals surface area contributed by atoms with Crippen LogP contribution in [0.4, 0.5) is 4.79 Å². The van der Waals surface area contributed by atoms with Crippen LogP contribution in [0.15, 0.2) is 73.3 Å². The zero-order valence-corrected chi connectivity index (χ0v) is 36.9. The molecule has 1 heterocycles. The van der Waals surface area contributed by atoms with Gasteiger partial charge in [0, 0.05) is 24.9 Å². The van der Waals surface area contributed by atoms with Crippen molar-refractivity contribution in [3.05, 3.63) is 73.3 Å². The lowest BCUT2D eigenvalue weighted by atomic mass is 10.1. The normalized spacial score (nSPS) is 19.3. The Labute approximate surface area is 343 Å². The van der Waals surface area contributed by atoms with Crippen molar-refractivity contribution < 1.29 is 24.0 Å². The Morgan fingerprint density at radius 2 is 1.51 bits per heavy atom. The number of alkyl carbamates (subject to hydrolysis) is 1. The SMILES string of the molecule is C=C[C@@H]1CC1C1CC(SCCCCCCCCCC(C=O)NC(=O)OC(C)(C)C)CN1C.CC=O.CCCON(C)SC.c1ccc(-c2ccccc2)cc1. The van der Waals surface area contributed by atoms with Crippen LogP contribution in [0.2, 0.25) is 0 Å². The van der Waals surface area contributed by atoms with Gasteiger partial charge in [-0.3, -0.25) is 4.84 Å². The number of hydrogen-bond acceptors (Lipinski definition) is 9. The highest BCUT2D eigenvalue weighted by molar-refractivity contribution is 7.99. The van der Waals surface area contributed by atoms with Crippen LogP contribution >= 0.6 is 23.7 Å². The van der Waals surface area contributed by atoms with Crippen molar-refractivity contribution in [3.63, 3.8) is 0 Å². The molecule has 2 aromatic rings. The van der Waals surface area contributed by atoms with E-state index in [2.05, 4.69) is 97.1 Å². The van der Waals surface area contributed by atoms with E-state index in [1.807, 2.05) is 46.2 Å². The summed E-state index contributed by atoms with van der Waals surface area (Å²) in [6.45, 7) is 15.0. The molecule has 5 atom stereocenters. The molecule has 4 unspecified atom stereocenters. The zero-order valence-electron chi connectivity index (χ0n) is 35.3. The number of hydroxylamine groups is 1. The van der Waals surface area contributed by atoms with Gasteiger partial charge in [-0.15, -0.1) is 11.0 Å². The van der Waals surface area contributed by atoms with Gasteiger partial charge in [0.1, 0.15) is 18.2 Å². The summed E-state index contributed by atoms with van der Waals surface area (Å²) >= 11 is 3.76. The molecule has 8 nitrogen and oxygen atoms in total. The first-order chi connectivity index (χ1) is 26.4. The fraction of sp³-hybridized carbons (Fsp3) is 0.622. The topological polar surface area (TPSA) is 88.2 Å². The molecular formula is C45H73N3O5S2. The molecule has 0 spiro atoms. The summed E-state index contributed by atoms with van der Waals surface area (Å²) in [5, 5.41) is 3.47. The third-order valence-electron chi connectivity index (χ3n) is 9.24. The number of nitrogens with zero attached hydrogens (tertiary/aromatic N) is 2. The van der Waals surface area contributed by atoms with Gasteiger partial charge < -0.3 is 24.5 Å². The second-order valence-corrected chi connectivity index (χ2v) is 17.4. The van der Waals surface area contributed by atoms with Crippen LogP contribution in [0.25, 0.3) is 11.1 Å². The van der Waals surface area contributed by atoms with Gasteiger partial charge in [0.15, 0.2) is 0 Å². The average molecular weight is 800 g/mol. The van der Waals surface area contributed by atoms with Gasteiger partial charge in [-0.05, 0) is 102 Å². The standard InChI is InChI=1S/C26H46N2O3S.C12H10.C5H13NOS.C2H4O/c1-6-20-16-23(20)24-17-22(18-28(24)5)32-15-13-11-9-7-8-10-12-14-21(19-29)27-25(30)31-26(2,3)4;1-3-7-11(8-4-1)12-9-5-2-6-10-12;1-4-5-7-6(2)8-3;1-2-3/h6,19-24H,1,7-18H2,2-5H3,(H,27,30);1-10H;4-5H2,1-3H3;2H,1H3/t20-,21?,22?,23?,24?;;;/m1.../s1. The average Bonchev–Trinajstić information content (AvgIpc) is 3.87. The molecule has 55 heavy (non-hydrogen) atoms. The van der Waals surface area contributed by atoms with Crippen LogP contribution in [-0.4, -0.2) is 90.2 Å². The number of unbranched alkanes of at least 4 members (excludes halogenated alkanes) is 6. The summed E-state index contributed by atoms with van der Waals surface area (Å²) < 4.78 is 6.96. The first kappa shape index (κ1) is 50.4. The quantitative estimate of drug-likeness (QED) is 0.0462. The van der Waals surface area contributed by atoms with Crippen LogP contribution in [0.3, 0.4) is 0 Å². The maximum absolute atomic E-state index is 11.8. The molecule has 0 radical (unpaired) electrons. The number of amides is 1. The monoisotopic (exact) mass is 799 g/mol. The van der Waals surface area contributed by atoms with E-state index in [0.29, 0.717) is 6.42 Å². The highest BCUT2D eigenvalue weighted by atomic mass is 32.2. The van der Waals surface area contributed by atoms with Gasteiger partial charge in [-0.25, -0.2) is 4.79 Å². The highest BCUT2D eigenvalue weighted by Gasteiger charge is 2.46. The fourth-order valence-electron chi connectivity index (χ4n) is 6.32. The number of rotatable bonds is 20. The van der Waals surface area contributed by atoms with Crippen molar-refractivity contribution in [1.82, 2.24) is 14.7 Å². The molecule has 1 aliphatic carbocycles. The van der Waals surface area contributed by atoms with Crippen LogP contribution in [0.1, 0.15) is 105 Å². The van der Waals surface area contributed by atoms with Gasteiger partial charge in [0.05, 0.1) is 12.6 Å². The Morgan fingerprint density at radius 3 is 1.98 bits per heavy atom. The first-order valence-electron chi connectivity index (χ1n) is 20.2. The van der Waals surface area contributed by atoms with E-state index >= 15 is 0 Å². The van der Waals surface area contributed by atoms with E-state index in [1.54, 1.807) is 16.4 Å². The third kappa shape index (κ3) is 24.6. The van der Waals surface area contributed by atoms with Crippen molar-refractivity contribution in [2.75, 3.05) is 39.3 Å². The lowest BCUT2D eigenvalue weighted by Gasteiger charge is -2.21. The predicted octanol–water partition coefficient (Wildman–Crippen LogP) is 10.9. The molecule has 1 amide bonds. The second kappa shape index (κ2) is 30.5. The lowest BCUT2D eigenvalue weighted by Crippen LogP contribution is -2.39. The predicted molar refractivity (Wildman–Crippen MR) is 236 cm³/mol. The zero-order chi connectivity index (χ0) is 40.9. The molecule has 1 saturated carbocycles. The summed E-state index contributed by atoms with van der Waals surface area (Å²) in [5.74, 6) is 2.94. The summed E-state index contributed by atoms with van der Waals surface area (Å²) in [6.07, 6.45) is 18.1. The minimum absolute atomic E-state index is 0.446. The van der Waals surface area contributed by atoms with Crippen molar-refractivity contribution in [2.45, 2.75) is 128 Å². The molecular weight excluding hydrogens is 727 g/mol. The molecule has 10 heteroatoms. The maximum Gasteiger partial charge on any atom is 0.408 e. The Bertz CT molecular complexity index is 1240. The molecule has 0 bridgehead atoms. The Hall–Kier alpha value is -2.63. The molecule has 310 valence electrons. The van der Waals surface area contributed by atoms with Crippen molar-refractivity contribution in [2.24, 2.45) is 11.8 Å². The summed E-state index contributed by atoms with van der Waals surface area (Å²) in [5.41, 5.74) is 2.01. The Morgan fingerprint density at radius 1 is 0.964 bits per heavy atom. The molecule has 0 aromatic heterocycles. The molecule has 2 aromatic carbocycles. The summed E-state index contributed by atoms with van der Waals surface area (Å²) in [6, 6.07) is 21.1. The number of allylic oxidation sites excluding steroid dienone is 1. The molecule has 2 fully saturated rings.